The summed E-state index contributed by atoms with van der Waals surface area (Å²) in [5, 5.41) is 12.6. The summed E-state index contributed by atoms with van der Waals surface area (Å²) in [7, 11) is 1.86. The van der Waals surface area contributed by atoms with E-state index in [4.69, 9.17) is 16.1 Å². The smallest absolute Gasteiger partial charge is 0.258 e. The molecule has 0 N–H and O–H groups in total. The first kappa shape index (κ1) is 16.7. The second-order valence-corrected chi connectivity index (χ2v) is 6.51. The Hall–Kier alpha value is -2.71. The van der Waals surface area contributed by atoms with Gasteiger partial charge >= 0.3 is 0 Å². The number of pyridine rings is 1. The molecule has 26 heavy (non-hydrogen) atoms. The van der Waals surface area contributed by atoms with Crippen LogP contribution in [0.25, 0.3) is 22.8 Å². The number of thiol groups is 1. The molecular formula is C17H13ClN6OS. The predicted molar refractivity (Wildman–Crippen MR) is 99.8 cm³/mol. The van der Waals surface area contributed by atoms with Crippen LogP contribution >= 0.6 is 24.2 Å². The van der Waals surface area contributed by atoms with Crippen LogP contribution in [0.5, 0.6) is 0 Å². The quantitative estimate of drug-likeness (QED) is 0.541. The first-order chi connectivity index (χ1) is 12.6. The lowest BCUT2D eigenvalue weighted by Gasteiger charge is -2.06. The van der Waals surface area contributed by atoms with Gasteiger partial charge in [0.1, 0.15) is 5.25 Å². The molecule has 4 aromatic rings. The summed E-state index contributed by atoms with van der Waals surface area (Å²) < 4.78 is 7.18. The van der Waals surface area contributed by atoms with Gasteiger partial charge in [-0.05, 0) is 30.3 Å². The van der Waals surface area contributed by atoms with Crippen LogP contribution < -0.4 is 0 Å². The van der Waals surface area contributed by atoms with E-state index in [0.29, 0.717) is 28.4 Å². The van der Waals surface area contributed by atoms with Crippen LogP contribution in [0.2, 0.25) is 5.02 Å². The minimum Gasteiger partial charge on any atom is -0.334 e. The first-order valence-corrected chi connectivity index (χ1v) is 8.60. The molecule has 1 atom stereocenters. The maximum atomic E-state index is 6.01. The maximum Gasteiger partial charge on any atom is 0.258 e. The minimum atomic E-state index is -0.491. The fourth-order valence-corrected chi connectivity index (χ4v) is 3.05. The van der Waals surface area contributed by atoms with Crippen molar-refractivity contribution in [3.05, 3.63) is 65.5 Å². The Morgan fingerprint density at radius 3 is 2.77 bits per heavy atom. The normalized spacial score (nSPS) is 12.3. The SMILES string of the molecule is Cn1c(-c2cccnc2)nnc1C(S)c1noc(-c2cccc(Cl)c2)n1. The van der Waals surface area contributed by atoms with Crippen molar-refractivity contribution in [1.82, 2.24) is 29.9 Å². The fraction of sp³-hybridized carbons (Fsp3) is 0.118. The van der Waals surface area contributed by atoms with E-state index in [1.54, 1.807) is 24.5 Å². The highest BCUT2D eigenvalue weighted by Gasteiger charge is 2.23. The number of nitrogens with zero attached hydrogens (tertiary/aromatic N) is 6. The fourth-order valence-electron chi connectivity index (χ4n) is 2.53. The Balaban J connectivity index is 1.65. The highest BCUT2D eigenvalue weighted by molar-refractivity contribution is 7.80. The molecule has 1 aromatic carbocycles. The summed E-state index contributed by atoms with van der Waals surface area (Å²) >= 11 is 10.6. The number of hydrogen-bond donors (Lipinski definition) is 1. The lowest BCUT2D eigenvalue weighted by molar-refractivity contribution is 0.423. The van der Waals surface area contributed by atoms with Crippen molar-refractivity contribution < 1.29 is 4.52 Å². The molecule has 0 saturated heterocycles. The van der Waals surface area contributed by atoms with Gasteiger partial charge in [0.05, 0.1) is 0 Å². The molecule has 4 rings (SSSR count). The molecule has 3 aromatic heterocycles. The van der Waals surface area contributed by atoms with Crippen LogP contribution in [0.4, 0.5) is 0 Å². The number of aromatic nitrogens is 6. The van der Waals surface area contributed by atoms with Gasteiger partial charge in [-0.1, -0.05) is 22.8 Å². The molecule has 0 fully saturated rings. The molecule has 0 bridgehead atoms. The maximum absolute atomic E-state index is 6.01. The van der Waals surface area contributed by atoms with Crippen LogP contribution in [0.3, 0.4) is 0 Å². The molecule has 130 valence electrons. The van der Waals surface area contributed by atoms with Crippen LogP contribution in [-0.2, 0) is 7.05 Å². The van der Waals surface area contributed by atoms with Crippen LogP contribution in [0.1, 0.15) is 16.9 Å². The third-order valence-corrected chi connectivity index (χ3v) is 4.53. The van der Waals surface area contributed by atoms with Crippen molar-refractivity contribution in [1.29, 1.82) is 0 Å². The van der Waals surface area contributed by atoms with Crippen molar-refractivity contribution >= 4 is 24.2 Å². The van der Waals surface area contributed by atoms with Gasteiger partial charge in [0, 0.05) is 35.6 Å². The summed E-state index contributed by atoms with van der Waals surface area (Å²) in [6, 6.07) is 11.0. The number of halogens is 1. The molecule has 7 nitrogen and oxygen atoms in total. The molecule has 0 saturated carbocycles. The van der Waals surface area contributed by atoms with Gasteiger partial charge in [0.25, 0.3) is 5.89 Å². The van der Waals surface area contributed by atoms with E-state index in [1.807, 2.05) is 35.9 Å². The average Bonchev–Trinajstić information content (AvgIpc) is 3.29. The average molecular weight is 385 g/mol. The highest BCUT2D eigenvalue weighted by atomic mass is 35.5. The molecule has 9 heteroatoms. The zero-order valence-corrected chi connectivity index (χ0v) is 15.3. The van der Waals surface area contributed by atoms with Gasteiger partial charge in [0.15, 0.2) is 17.5 Å². The number of hydrogen-bond acceptors (Lipinski definition) is 7. The minimum absolute atomic E-state index is 0.371. The molecule has 0 amide bonds. The summed E-state index contributed by atoms with van der Waals surface area (Å²) in [5.41, 5.74) is 1.60. The van der Waals surface area contributed by atoms with Gasteiger partial charge < -0.3 is 9.09 Å². The summed E-state index contributed by atoms with van der Waals surface area (Å²) in [6.07, 6.45) is 3.44. The van der Waals surface area contributed by atoms with E-state index in [-0.39, 0.29) is 0 Å². The predicted octanol–water partition coefficient (Wildman–Crippen LogP) is 3.60. The first-order valence-electron chi connectivity index (χ1n) is 7.71. The van der Waals surface area contributed by atoms with E-state index >= 15 is 0 Å². The van der Waals surface area contributed by atoms with Gasteiger partial charge in [-0.15, -0.1) is 10.2 Å². The molecule has 0 aliphatic carbocycles. The Morgan fingerprint density at radius 2 is 2.00 bits per heavy atom. The third-order valence-electron chi connectivity index (χ3n) is 3.83. The molecule has 3 heterocycles. The Kier molecular flexibility index (Phi) is 4.44. The van der Waals surface area contributed by atoms with Crippen LogP contribution in [0, 0.1) is 0 Å². The molecular weight excluding hydrogens is 372 g/mol. The monoisotopic (exact) mass is 384 g/mol. The van der Waals surface area contributed by atoms with Crippen molar-refractivity contribution in [3.63, 3.8) is 0 Å². The number of benzene rings is 1. The van der Waals surface area contributed by atoms with E-state index in [9.17, 15) is 0 Å². The summed E-state index contributed by atoms with van der Waals surface area (Å²) in [6.45, 7) is 0. The van der Waals surface area contributed by atoms with E-state index in [2.05, 4.69) is 38.0 Å². The Bertz CT molecular complexity index is 1050. The van der Waals surface area contributed by atoms with E-state index in [0.717, 1.165) is 11.1 Å². The van der Waals surface area contributed by atoms with Gasteiger partial charge in [0.2, 0.25) is 0 Å². The second kappa shape index (κ2) is 6.89. The summed E-state index contributed by atoms with van der Waals surface area (Å²) in [5.74, 6) is 2.06. The molecule has 0 aliphatic rings. The van der Waals surface area contributed by atoms with Crippen molar-refractivity contribution in [2.24, 2.45) is 7.05 Å². The molecule has 1 unspecified atom stereocenters. The third kappa shape index (κ3) is 3.09. The second-order valence-electron chi connectivity index (χ2n) is 5.55. The van der Waals surface area contributed by atoms with Gasteiger partial charge in [-0.25, -0.2) is 0 Å². The highest BCUT2D eigenvalue weighted by Crippen LogP contribution is 2.29. The molecule has 0 radical (unpaired) electrons. The topological polar surface area (TPSA) is 82.5 Å². The number of rotatable bonds is 4. The van der Waals surface area contributed by atoms with E-state index < -0.39 is 5.25 Å². The lowest BCUT2D eigenvalue weighted by Crippen LogP contribution is -2.05. The Labute approximate surface area is 159 Å². The molecule has 0 spiro atoms. The van der Waals surface area contributed by atoms with Gasteiger partial charge in [-0.2, -0.15) is 17.6 Å². The van der Waals surface area contributed by atoms with Crippen LogP contribution in [-0.4, -0.2) is 29.9 Å². The van der Waals surface area contributed by atoms with Crippen molar-refractivity contribution in [2.75, 3.05) is 0 Å². The standard InChI is InChI=1S/C17H13ClN6OS/c1-24-15(11-5-3-7-19-9-11)21-22-16(24)13(26)14-20-17(25-23-14)10-4-2-6-12(18)8-10/h2-9,13,26H,1H3. The lowest BCUT2D eigenvalue weighted by atomic mass is 10.2. The Morgan fingerprint density at radius 1 is 1.15 bits per heavy atom. The van der Waals surface area contributed by atoms with Crippen molar-refractivity contribution in [3.8, 4) is 22.8 Å². The van der Waals surface area contributed by atoms with Crippen LogP contribution in [0.15, 0.2) is 53.3 Å². The zero-order valence-electron chi connectivity index (χ0n) is 13.6. The molecule has 0 aliphatic heterocycles. The van der Waals surface area contributed by atoms with Crippen molar-refractivity contribution in [2.45, 2.75) is 5.25 Å². The van der Waals surface area contributed by atoms with E-state index in [1.165, 1.54) is 0 Å². The summed E-state index contributed by atoms with van der Waals surface area (Å²) in [4.78, 5) is 8.52. The van der Waals surface area contributed by atoms with Gasteiger partial charge in [-0.3, -0.25) is 4.98 Å². The largest absolute Gasteiger partial charge is 0.334 e. The zero-order chi connectivity index (χ0) is 18.1.